The molecule has 178 valence electrons. The molecule has 0 aromatic heterocycles. The van der Waals surface area contributed by atoms with Crippen molar-refractivity contribution in [2.45, 2.75) is 64.6 Å². The lowest BCUT2D eigenvalue weighted by molar-refractivity contribution is -0.126. The normalized spacial score (nSPS) is 13.0. The Morgan fingerprint density at radius 3 is 1.85 bits per heavy atom. The largest absolute Gasteiger partial charge is 0.444 e. The molecule has 0 radical (unpaired) electrons. The molecule has 0 saturated carbocycles. The minimum absolute atomic E-state index is 0.0928. The Labute approximate surface area is 200 Å². The molecule has 0 spiro atoms. The number of rotatable bonds is 10. The molecule has 0 fully saturated rings. The molecule has 0 aliphatic carbocycles. The molecule has 0 heterocycles. The first kappa shape index (κ1) is 26.5. The van der Waals surface area contributed by atoms with Crippen LogP contribution >= 0.6 is 11.8 Å². The van der Waals surface area contributed by atoms with E-state index >= 15 is 0 Å². The van der Waals surface area contributed by atoms with Gasteiger partial charge in [0.1, 0.15) is 17.7 Å². The molecule has 0 aliphatic heterocycles. The van der Waals surface area contributed by atoms with Crippen molar-refractivity contribution in [1.82, 2.24) is 10.6 Å². The van der Waals surface area contributed by atoms with E-state index in [1.807, 2.05) is 67.6 Å². The van der Waals surface area contributed by atoms with Gasteiger partial charge in [-0.15, -0.1) is 0 Å². The zero-order valence-electron chi connectivity index (χ0n) is 19.8. The van der Waals surface area contributed by atoms with Crippen molar-refractivity contribution in [1.29, 1.82) is 0 Å². The number of nitrogens with one attached hydrogen (secondary N) is 2. The average Bonchev–Trinajstić information content (AvgIpc) is 2.76. The van der Waals surface area contributed by atoms with Crippen molar-refractivity contribution in [3.8, 4) is 0 Å². The van der Waals surface area contributed by atoms with Crippen LogP contribution in [0.5, 0.6) is 0 Å². The van der Waals surface area contributed by atoms with Crippen LogP contribution in [-0.4, -0.2) is 40.6 Å². The van der Waals surface area contributed by atoms with Crippen LogP contribution in [0.1, 0.15) is 45.2 Å². The van der Waals surface area contributed by atoms with Crippen molar-refractivity contribution >= 4 is 28.9 Å². The van der Waals surface area contributed by atoms with Crippen LogP contribution in [0, 0.1) is 0 Å². The molecular formula is C26H34N2O4S. The minimum Gasteiger partial charge on any atom is -0.444 e. The van der Waals surface area contributed by atoms with Gasteiger partial charge in [0.05, 0.1) is 0 Å². The highest BCUT2D eigenvalue weighted by Crippen LogP contribution is 2.14. The number of amides is 2. The van der Waals surface area contributed by atoms with E-state index in [4.69, 9.17) is 4.74 Å². The van der Waals surface area contributed by atoms with Crippen LogP contribution in [0.15, 0.2) is 60.7 Å². The van der Waals surface area contributed by atoms with Gasteiger partial charge < -0.3 is 15.4 Å². The van der Waals surface area contributed by atoms with E-state index in [-0.39, 0.29) is 11.5 Å². The van der Waals surface area contributed by atoms with E-state index in [1.165, 1.54) is 11.8 Å². The van der Waals surface area contributed by atoms with Crippen LogP contribution in [0.4, 0.5) is 4.79 Å². The van der Waals surface area contributed by atoms with Gasteiger partial charge in [-0.05, 0) is 38.3 Å². The van der Waals surface area contributed by atoms with Gasteiger partial charge in [-0.2, -0.15) is 0 Å². The molecule has 2 rings (SSSR count). The van der Waals surface area contributed by atoms with Crippen molar-refractivity contribution in [2.75, 3.05) is 5.75 Å². The Bertz CT molecular complexity index is 898. The van der Waals surface area contributed by atoms with Crippen LogP contribution in [0.3, 0.4) is 0 Å². The summed E-state index contributed by atoms with van der Waals surface area (Å²) in [6.45, 7) is 7.29. The first-order chi connectivity index (χ1) is 15.7. The molecule has 0 bridgehead atoms. The first-order valence-corrected chi connectivity index (χ1v) is 12.2. The average molecular weight is 471 g/mol. The third-order valence-corrected chi connectivity index (χ3v) is 5.80. The van der Waals surface area contributed by atoms with E-state index in [1.54, 1.807) is 20.8 Å². The predicted octanol–water partition coefficient (Wildman–Crippen LogP) is 4.52. The topological polar surface area (TPSA) is 84.5 Å². The maximum Gasteiger partial charge on any atom is 0.408 e. The van der Waals surface area contributed by atoms with Gasteiger partial charge in [0.15, 0.2) is 0 Å². The number of carbonyl (C=O) groups is 3. The van der Waals surface area contributed by atoms with Gasteiger partial charge in [0.2, 0.25) is 11.0 Å². The zero-order chi connectivity index (χ0) is 24.3. The first-order valence-electron chi connectivity index (χ1n) is 11.2. The highest BCUT2D eigenvalue weighted by molar-refractivity contribution is 8.13. The molecule has 33 heavy (non-hydrogen) atoms. The molecular weight excluding hydrogens is 436 g/mol. The summed E-state index contributed by atoms with van der Waals surface area (Å²) in [6.07, 6.45) is 0.844. The molecule has 2 aromatic rings. The number of hydrogen-bond donors (Lipinski definition) is 2. The third kappa shape index (κ3) is 10.1. The summed E-state index contributed by atoms with van der Waals surface area (Å²) in [4.78, 5) is 38.6. The van der Waals surface area contributed by atoms with Gasteiger partial charge in [-0.25, -0.2) is 4.79 Å². The summed E-state index contributed by atoms with van der Waals surface area (Å²) in [6, 6.07) is 17.4. The molecule has 2 N–H and O–H groups in total. The van der Waals surface area contributed by atoms with Gasteiger partial charge in [0, 0.05) is 18.6 Å². The Morgan fingerprint density at radius 2 is 1.36 bits per heavy atom. The van der Waals surface area contributed by atoms with Gasteiger partial charge in [-0.3, -0.25) is 9.59 Å². The standard InChI is InChI=1S/C26H34N2O4S/c1-5-16-33-24(30)22(18-20-14-10-7-11-15-20)27-23(29)21(17-19-12-8-6-9-13-19)28-25(31)32-26(2,3)4/h6-15,21-22H,5,16-18H2,1-4H3,(H,27,29)(H,28,31). The predicted molar refractivity (Wildman–Crippen MR) is 133 cm³/mol. The lowest BCUT2D eigenvalue weighted by atomic mass is 10.0. The second kappa shape index (κ2) is 13.0. The lowest BCUT2D eigenvalue weighted by Crippen LogP contribution is -2.53. The Hall–Kier alpha value is -2.80. The number of hydrogen-bond acceptors (Lipinski definition) is 5. The maximum atomic E-state index is 13.3. The van der Waals surface area contributed by atoms with Crippen molar-refractivity contribution < 1.29 is 19.1 Å². The minimum atomic E-state index is -0.885. The molecule has 2 unspecified atom stereocenters. The number of benzene rings is 2. The smallest absolute Gasteiger partial charge is 0.408 e. The fourth-order valence-electron chi connectivity index (χ4n) is 3.13. The molecule has 2 atom stereocenters. The molecule has 2 amide bonds. The summed E-state index contributed by atoms with van der Waals surface area (Å²) < 4.78 is 5.36. The Morgan fingerprint density at radius 1 is 0.848 bits per heavy atom. The second-order valence-corrected chi connectivity index (χ2v) is 9.91. The van der Waals surface area contributed by atoms with Crippen molar-refractivity contribution in [2.24, 2.45) is 0 Å². The van der Waals surface area contributed by atoms with Gasteiger partial charge in [0.25, 0.3) is 0 Å². The van der Waals surface area contributed by atoms with Crippen molar-refractivity contribution in [3.05, 3.63) is 71.8 Å². The number of alkyl carbamates (subject to hydrolysis) is 1. The van der Waals surface area contributed by atoms with Crippen LogP contribution in [0.25, 0.3) is 0 Å². The molecule has 2 aromatic carbocycles. The fraction of sp³-hybridized carbons (Fsp3) is 0.423. The van der Waals surface area contributed by atoms with Crippen LogP contribution < -0.4 is 10.6 Å². The summed E-state index contributed by atoms with van der Waals surface area (Å²) in [5.41, 5.74) is 1.15. The lowest BCUT2D eigenvalue weighted by Gasteiger charge is -2.25. The quantitative estimate of drug-likeness (QED) is 0.533. The molecule has 7 heteroatoms. The summed E-state index contributed by atoms with van der Waals surface area (Å²) in [5.74, 6) is 0.264. The van der Waals surface area contributed by atoms with Gasteiger partial charge in [-0.1, -0.05) is 79.3 Å². The van der Waals surface area contributed by atoms with Crippen LogP contribution in [-0.2, 0) is 27.2 Å². The van der Waals surface area contributed by atoms with Gasteiger partial charge >= 0.3 is 6.09 Å². The summed E-state index contributed by atoms with van der Waals surface area (Å²) >= 11 is 1.22. The second-order valence-electron chi connectivity index (χ2n) is 8.81. The molecule has 6 nitrogen and oxygen atoms in total. The number of carbonyl (C=O) groups excluding carboxylic acids is 3. The Kier molecular flexibility index (Phi) is 10.5. The summed E-state index contributed by atoms with van der Waals surface area (Å²) in [5, 5.41) is 5.47. The van der Waals surface area contributed by atoms with E-state index in [0.29, 0.717) is 12.2 Å². The monoisotopic (exact) mass is 470 g/mol. The van der Waals surface area contributed by atoms with E-state index < -0.39 is 29.7 Å². The van der Waals surface area contributed by atoms with Crippen LogP contribution in [0.2, 0.25) is 0 Å². The summed E-state index contributed by atoms with van der Waals surface area (Å²) in [7, 11) is 0. The van der Waals surface area contributed by atoms with E-state index in [0.717, 1.165) is 17.5 Å². The highest BCUT2D eigenvalue weighted by atomic mass is 32.2. The van der Waals surface area contributed by atoms with E-state index in [9.17, 15) is 14.4 Å². The Balaban J connectivity index is 2.20. The van der Waals surface area contributed by atoms with E-state index in [2.05, 4.69) is 10.6 Å². The number of ether oxygens (including phenoxy) is 1. The van der Waals surface area contributed by atoms with Crippen molar-refractivity contribution in [3.63, 3.8) is 0 Å². The maximum absolute atomic E-state index is 13.3. The fourth-order valence-corrected chi connectivity index (χ4v) is 3.88. The highest BCUT2D eigenvalue weighted by Gasteiger charge is 2.29. The zero-order valence-corrected chi connectivity index (χ0v) is 20.6. The molecule has 0 saturated heterocycles. The number of thioether (sulfide) groups is 1. The third-order valence-electron chi connectivity index (χ3n) is 4.62. The SMILES string of the molecule is CCCSC(=O)C(Cc1ccccc1)NC(=O)C(Cc1ccccc1)NC(=O)OC(C)(C)C. The molecule has 0 aliphatic rings.